The first-order valence-corrected chi connectivity index (χ1v) is 15.3. The fourth-order valence-electron chi connectivity index (χ4n) is 6.04. The molecule has 6 rings (SSSR count). The van der Waals surface area contributed by atoms with Crippen molar-refractivity contribution in [3.8, 4) is 0 Å². The normalized spacial score (nSPS) is 21.2. The SMILES string of the molecule is C[C@H]([C@@H](O)c1ccccc1)N(C)C[C@@H]1C[C@H](c2ccc(CO)cc2)O[C@H](c2ccc(CN3C(=O)c4ccccc4C3=O)cc2)O1. The second-order valence-electron chi connectivity index (χ2n) is 11.9. The van der Waals surface area contributed by atoms with Crippen LogP contribution < -0.4 is 0 Å². The highest BCUT2D eigenvalue weighted by molar-refractivity contribution is 6.21. The van der Waals surface area contributed by atoms with Crippen molar-refractivity contribution in [2.24, 2.45) is 0 Å². The third-order valence-electron chi connectivity index (χ3n) is 8.87. The van der Waals surface area contributed by atoms with Gasteiger partial charge in [0, 0.05) is 24.6 Å². The molecule has 2 N–H and O–H groups in total. The highest BCUT2D eigenvalue weighted by Crippen LogP contribution is 2.38. The minimum absolute atomic E-state index is 0.0281. The predicted octanol–water partition coefficient (Wildman–Crippen LogP) is 5.57. The number of ether oxygens (including phenoxy) is 2. The van der Waals surface area contributed by atoms with Crippen molar-refractivity contribution in [2.45, 2.75) is 57.1 Å². The highest BCUT2D eigenvalue weighted by atomic mass is 16.7. The molecule has 0 unspecified atom stereocenters. The van der Waals surface area contributed by atoms with Gasteiger partial charge in [-0.1, -0.05) is 91.0 Å². The fourth-order valence-corrected chi connectivity index (χ4v) is 6.04. The number of carbonyl (C=O) groups excluding carboxylic acids is 2. The van der Waals surface area contributed by atoms with E-state index in [0.717, 1.165) is 27.8 Å². The molecule has 0 spiro atoms. The molecular weight excluding hydrogens is 568 g/mol. The van der Waals surface area contributed by atoms with E-state index in [4.69, 9.17) is 9.47 Å². The molecule has 0 saturated carbocycles. The first-order valence-electron chi connectivity index (χ1n) is 15.3. The predicted molar refractivity (Wildman–Crippen MR) is 169 cm³/mol. The average molecular weight is 607 g/mol. The maximum atomic E-state index is 12.9. The summed E-state index contributed by atoms with van der Waals surface area (Å²) in [6, 6.07) is 31.8. The number of rotatable bonds is 10. The van der Waals surface area contributed by atoms with Gasteiger partial charge < -0.3 is 19.7 Å². The third-order valence-corrected chi connectivity index (χ3v) is 8.87. The van der Waals surface area contributed by atoms with Crippen molar-refractivity contribution in [3.05, 3.63) is 142 Å². The molecule has 2 amide bonds. The van der Waals surface area contributed by atoms with E-state index in [1.165, 1.54) is 4.90 Å². The molecule has 5 atom stereocenters. The summed E-state index contributed by atoms with van der Waals surface area (Å²) in [6.07, 6.45) is -1.13. The van der Waals surface area contributed by atoms with Gasteiger partial charge in [-0.15, -0.1) is 0 Å². The molecule has 45 heavy (non-hydrogen) atoms. The van der Waals surface area contributed by atoms with Gasteiger partial charge in [0.1, 0.15) is 0 Å². The average Bonchev–Trinajstić information content (AvgIpc) is 3.33. The molecule has 0 aliphatic carbocycles. The van der Waals surface area contributed by atoms with E-state index in [0.29, 0.717) is 24.1 Å². The summed E-state index contributed by atoms with van der Waals surface area (Å²) in [5.74, 6) is -0.570. The Morgan fingerprint density at radius 1 is 0.800 bits per heavy atom. The van der Waals surface area contributed by atoms with Crippen LogP contribution in [-0.2, 0) is 22.6 Å². The van der Waals surface area contributed by atoms with Gasteiger partial charge in [0.2, 0.25) is 0 Å². The molecule has 4 aromatic carbocycles. The van der Waals surface area contributed by atoms with Gasteiger partial charge >= 0.3 is 0 Å². The van der Waals surface area contributed by atoms with Crippen molar-refractivity contribution in [2.75, 3.05) is 13.6 Å². The molecule has 0 aromatic heterocycles. The molecule has 0 bridgehead atoms. The monoisotopic (exact) mass is 606 g/mol. The van der Waals surface area contributed by atoms with Gasteiger partial charge in [0.05, 0.1) is 42.6 Å². The Hall–Kier alpha value is -4.18. The zero-order chi connectivity index (χ0) is 31.5. The maximum Gasteiger partial charge on any atom is 0.261 e. The molecule has 2 heterocycles. The van der Waals surface area contributed by atoms with Crippen molar-refractivity contribution < 1.29 is 29.3 Å². The number of likely N-dealkylation sites (N-methyl/N-ethyl adjacent to an activating group) is 1. The number of benzene rings is 4. The Balaban J connectivity index is 1.18. The Kier molecular flexibility index (Phi) is 9.21. The summed E-state index contributed by atoms with van der Waals surface area (Å²) in [6.45, 7) is 2.73. The Bertz CT molecular complexity index is 1590. The van der Waals surface area contributed by atoms with Crippen LogP contribution in [0.2, 0.25) is 0 Å². The van der Waals surface area contributed by atoms with Crippen LogP contribution in [-0.4, -0.2) is 57.6 Å². The molecule has 232 valence electrons. The van der Waals surface area contributed by atoms with E-state index >= 15 is 0 Å². The van der Waals surface area contributed by atoms with Crippen LogP contribution in [0.5, 0.6) is 0 Å². The zero-order valence-corrected chi connectivity index (χ0v) is 25.5. The number of fused-ring (bicyclic) bond motifs is 1. The minimum Gasteiger partial charge on any atom is -0.392 e. The maximum absolute atomic E-state index is 12.9. The lowest BCUT2D eigenvalue weighted by molar-refractivity contribution is -0.253. The number of hydrogen-bond donors (Lipinski definition) is 2. The molecule has 2 aliphatic rings. The minimum atomic E-state index is -0.651. The molecule has 0 radical (unpaired) electrons. The van der Waals surface area contributed by atoms with Crippen LogP contribution in [0.1, 0.15) is 80.4 Å². The Morgan fingerprint density at radius 3 is 2.00 bits per heavy atom. The van der Waals surface area contributed by atoms with Gasteiger partial charge in [-0.3, -0.25) is 19.4 Å². The topological polar surface area (TPSA) is 99.5 Å². The molecule has 8 nitrogen and oxygen atoms in total. The van der Waals surface area contributed by atoms with Crippen LogP contribution in [0, 0.1) is 0 Å². The van der Waals surface area contributed by atoms with Gasteiger partial charge in [-0.2, -0.15) is 0 Å². The van der Waals surface area contributed by atoms with Crippen LogP contribution >= 0.6 is 0 Å². The van der Waals surface area contributed by atoms with Crippen LogP contribution in [0.15, 0.2) is 103 Å². The number of imide groups is 1. The number of aliphatic hydroxyl groups is 2. The van der Waals surface area contributed by atoms with E-state index in [1.54, 1.807) is 24.3 Å². The lowest BCUT2D eigenvalue weighted by atomic mass is 9.98. The zero-order valence-electron chi connectivity index (χ0n) is 25.5. The van der Waals surface area contributed by atoms with E-state index in [-0.39, 0.29) is 43.2 Å². The highest BCUT2D eigenvalue weighted by Gasteiger charge is 2.36. The molecular formula is C37H38N2O6. The lowest BCUT2D eigenvalue weighted by Gasteiger charge is -2.39. The summed E-state index contributed by atoms with van der Waals surface area (Å²) in [7, 11) is 1.99. The molecule has 1 saturated heterocycles. The molecule has 2 aliphatic heterocycles. The summed E-state index contributed by atoms with van der Waals surface area (Å²) >= 11 is 0. The number of aliphatic hydroxyl groups excluding tert-OH is 2. The number of hydrogen-bond acceptors (Lipinski definition) is 7. The molecule has 8 heteroatoms. The second kappa shape index (κ2) is 13.4. The molecule has 4 aromatic rings. The van der Waals surface area contributed by atoms with Crippen molar-refractivity contribution in [1.29, 1.82) is 0 Å². The van der Waals surface area contributed by atoms with Crippen molar-refractivity contribution in [3.63, 3.8) is 0 Å². The van der Waals surface area contributed by atoms with Crippen molar-refractivity contribution >= 4 is 11.8 Å². The second-order valence-corrected chi connectivity index (χ2v) is 11.9. The van der Waals surface area contributed by atoms with Crippen LogP contribution in [0.3, 0.4) is 0 Å². The Morgan fingerprint density at radius 2 is 1.38 bits per heavy atom. The van der Waals surface area contributed by atoms with E-state index in [1.807, 2.05) is 92.8 Å². The lowest BCUT2D eigenvalue weighted by Crippen LogP contribution is -2.43. The van der Waals surface area contributed by atoms with Crippen molar-refractivity contribution in [1.82, 2.24) is 9.80 Å². The van der Waals surface area contributed by atoms with E-state index in [9.17, 15) is 19.8 Å². The fraction of sp³-hybridized carbons (Fsp3) is 0.297. The van der Waals surface area contributed by atoms with Gasteiger partial charge in [0.15, 0.2) is 6.29 Å². The first kappa shape index (κ1) is 30.8. The number of nitrogens with zero attached hydrogens (tertiary/aromatic N) is 2. The smallest absolute Gasteiger partial charge is 0.261 e. The third kappa shape index (κ3) is 6.61. The Labute approximate surface area is 263 Å². The van der Waals surface area contributed by atoms with Gasteiger partial charge in [-0.25, -0.2) is 0 Å². The van der Waals surface area contributed by atoms with Gasteiger partial charge in [0.25, 0.3) is 11.8 Å². The number of carbonyl (C=O) groups is 2. The first-order chi connectivity index (χ1) is 21.8. The summed E-state index contributed by atoms with van der Waals surface area (Å²) in [5, 5.41) is 20.6. The van der Waals surface area contributed by atoms with Crippen LogP contribution in [0.4, 0.5) is 0 Å². The van der Waals surface area contributed by atoms with Crippen LogP contribution in [0.25, 0.3) is 0 Å². The largest absolute Gasteiger partial charge is 0.392 e. The summed E-state index contributed by atoms with van der Waals surface area (Å²) < 4.78 is 13.0. The summed E-state index contributed by atoms with van der Waals surface area (Å²) in [5.41, 5.74) is 5.20. The molecule has 1 fully saturated rings. The van der Waals surface area contributed by atoms with E-state index < -0.39 is 12.4 Å². The quantitative estimate of drug-likeness (QED) is 0.228. The standard InChI is InChI=1S/C37H38N2O6/c1-24(34(41)28-8-4-3-5-9-28)38(2)22-30-20-33(27-16-14-26(23-40)15-17-27)45-37(44-30)29-18-12-25(13-19-29)21-39-35(42)31-10-6-7-11-32(31)36(39)43/h3-19,24,30,33-34,37,40-41H,20-23H2,1-2H3/t24-,30+,33-,34-,37-/m1/s1. The van der Waals surface area contributed by atoms with E-state index in [2.05, 4.69) is 4.90 Å². The van der Waals surface area contributed by atoms with Gasteiger partial charge in [-0.05, 0) is 48.4 Å². The number of amides is 2. The summed E-state index contributed by atoms with van der Waals surface area (Å²) in [4.78, 5) is 29.1.